The molecular formula is C11H12. The molecule has 5 aliphatic carbocycles. The lowest BCUT2D eigenvalue weighted by atomic mass is 9.89. The van der Waals surface area contributed by atoms with Crippen LogP contribution in [-0.2, 0) is 0 Å². The maximum Gasteiger partial charge on any atom is 0.00416 e. The van der Waals surface area contributed by atoms with E-state index in [1.807, 2.05) is 5.57 Å². The fraction of sp³-hybridized carbons (Fsp3) is 0.636. The molecule has 5 aliphatic rings. The van der Waals surface area contributed by atoms with E-state index in [-0.39, 0.29) is 0 Å². The van der Waals surface area contributed by atoms with Crippen molar-refractivity contribution in [3.05, 3.63) is 23.3 Å². The molecule has 56 valence electrons. The molecule has 2 bridgehead atoms. The molecule has 11 heavy (non-hydrogen) atoms. The van der Waals surface area contributed by atoms with Crippen LogP contribution in [0.4, 0.5) is 0 Å². The zero-order chi connectivity index (χ0) is 7.16. The van der Waals surface area contributed by atoms with Gasteiger partial charge < -0.3 is 0 Å². The summed E-state index contributed by atoms with van der Waals surface area (Å²) in [5.74, 6) is 5.50. The maximum absolute atomic E-state index is 2.50. The van der Waals surface area contributed by atoms with E-state index in [1.165, 1.54) is 18.3 Å². The van der Waals surface area contributed by atoms with E-state index in [2.05, 4.69) is 19.1 Å². The first-order chi connectivity index (χ1) is 5.39. The third kappa shape index (κ3) is 0.378. The summed E-state index contributed by atoms with van der Waals surface area (Å²) in [5, 5.41) is 0. The summed E-state index contributed by atoms with van der Waals surface area (Å²) in [6.45, 7) is 2.33. The first-order valence-corrected chi connectivity index (χ1v) is 4.76. The Morgan fingerprint density at radius 3 is 2.73 bits per heavy atom. The highest BCUT2D eigenvalue weighted by Gasteiger charge is 2.82. The van der Waals surface area contributed by atoms with Gasteiger partial charge in [0, 0.05) is 5.92 Å². The lowest BCUT2D eigenvalue weighted by Gasteiger charge is -2.16. The maximum atomic E-state index is 2.50. The average molecular weight is 144 g/mol. The van der Waals surface area contributed by atoms with Crippen molar-refractivity contribution in [3.63, 3.8) is 0 Å². The quantitative estimate of drug-likeness (QED) is 0.458. The van der Waals surface area contributed by atoms with Crippen molar-refractivity contribution in [3.8, 4) is 0 Å². The van der Waals surface area contributed by atoms with E-state index >= 15 is 0 Å². The van der Waals surface area contributed by atoms with Gasteiger partial charge in [-0.15, -0.1) is 0 Å². The van der Waals surface area contributed by atoms with Gasteiger partial charge in [0.1, 0.15) is 0 Å². The van der Waals surface area contributed by atoms with E-state index in [1.54, 1.807) is 5.57 Å². The van der Waals surface area contributed by atoms with E-state index < -0.39 is 0 Å². The summed E-state index contributed by atoms with van der Waals surface area (Å²) >= 11 is 0. The van der Waals surface area contributed by atoms with Crippen LogP contribution >= 0.6 is 0 Å². The summed E-state index contributed by atoms with van der Waals surface area (Å²) in [5.41, 5.74) is 3.52. The van der Waals surface area contributed by atoms with Crippen molar-refractivity contribution in [1.29, 1.82) is 0 Å². The van der Waals surface area contributed by atoms with Gasteiger partial charge in [-0.2, -0.15) is 0 Å². The van der Waals surface area contributed by atoms with Crippen LogP contribution in [0.3, 0.4) is 0 Å². The second-order valence-electron chi connectivity index (χ2n) is 4.62. The largest absolute Gasteiger partial charge is 0.0812 e. The van der Waals surface area contributed by atoms with Crippen molar-refractivity contribution >= 4 is 0 Å². The van der Waals surface area contributed by atoms with E-state index in [0.29, 0.717) is 0 Å². The van der Waals surface area contributed by atoms with Gasteiger partial charge in [-0.3, -0.25) is 0 Å². The molecule has 0 aromatic rings. The van der Waals surface area contributed by atoms with E-state index in [4.69, 9.17) is 0 Å². The third-order valence-corrected chi connectivity index (χ3v) is 4.29. The summed E-state index contributed by atoms with van der Waals surface area (Å²) < 4.78 is 0. The van der Waals surface area contributed by atoms with Gasteiger partial charge in [-0.25, -0.2) is 0 Å². The van der Waals surface area contributed by atoms with Gasteiger partial charge in [-0.05, 0) is 37.0 Å². The topological polar surface area (TPSA) is 0 Å². The van der Waals surface area contributed by atoms with Gasteiger partial charge >= 0.3 is 0 Å². The molecule has 3 unspecified atom stereocenters. The first-order valence-electron chi connectivity index (χ1n) is 4.76. The Morgan fingerprint density at radius 1 is 1.18 bits per heavy atom. The van der Waals surface area contributed by atoms with Crippen LogP contribution in [0.5, 0.6) is 0 Å². The van der Waals surface area contributed by atoms with Gasteiger partial charge in [0.2, 0.25) is 0 Å². The smallest absolute Gasteiger partial charge is 0.00416 e. The SMILES string of the molecule is CC1=CCC=C2C1C1C3C2C13. The summed E-state index contributed by atoms with van der Waals surface area (Å²) in [4.78, 5) is 0. The van der Waals surface area contributed by atoms with Crippen LogP contribution in [-0.4, -0.2) is 0 Å². The predicted octanol–water partition coefficient (Wildman–Crippen LogP) is 2.38. The Hall–Kier alpha value is -0.520. The minimum atomic E-state index is 0.934. The van der Waals surface area contributed by atoms with Crippen LogP contribution in [0, 0.1) is 29.6 Å². The number of hydrogen-bond donors (Lipinski definition) is 0. The molecule has 0 saturated heterocycles. The first kappa shape index (κ1) is 5.18. The molecule has 0 aromatic heterocycles. The van der Waals surface area contributed by atoms with Gasteiger partial charge in [0.15, 0.2) is 0 Å². The molecule has 0 heteroatoms. The fourth-order valence-electron chi connectivity index (χ4n) is 3.73. The van der Waals surface area contributed by atoms with Crippen molar-refractivity contribution < 1.29 is 0 Å². The molecular weight excluding hydrogens is 132 g/mol. The van der Waals surface area contributed by atoms with Crippen LogP contribution in [0.1, 0.15) is 13.3 Å². The molecule has 0 N–H and O–H groups in total. The molecule has 0 aromatic carbocycles. The molecule has 0 amide bonds. The van der Waals surface area contributed by atoms with Crippen LogP contribution < -0.4 is 0 Å². The Balaban J connectivity index is 1.90. The zero-order valence-electron chi connectivity index (χ0n) is 6.75. The third-order valence-electron chi connectivity index (χ3n) is 4.29. The van der Waals surface area contributed by atoms with Crippen molar-refractivity contribution in [2.75, 3.05) is 0 Å². The molecule has 0 heterocycles. The van der Waals surface area contributed by atoms with Crippen molar-refractivity contribution in [2.24, 2.45) is 29.6 Å². The Morgan fingerprint density at radius 2 is 2.00 bits per heavy atom. The number of hydrogen-bond acceptors (Lipinski definition) is 0. The van der Waals surface area contributed by atoms with E-state index in [0.717, 1.165) is 17.8 Å². The summed E-state index contributed by atoms with van der Waals surface area (Å²) in [7, 11) is 0. The van der Waals surface area contributed by atoms with Crippen LogP contribution in [0.15, 0.2) is 23.3 Å². The number of rotatable bonds is 0. The molecule has 0 aliphatic heterocycles. The minimum absolute atomic E-state index is 0.934. The average Bonchev–Trinajstić information content (AvgIpc) is 2.80. The number of allylic oxidation sites excluding steroid dienone is 4. The molecule has 3 atom stereocenters. The molecule has 0 spiro atoms. The highest BCUT2D eigenvalue weighted by Crippen LogP contribution is 2.86. The molecule has 0 nitrogen and oxygen atoms in total. The van der Waals surface area contributed by atoms with Crippen LogP contribution in [0.2, 0.25) is 0 Å². The fourth-order valence-corrected chi connectivity index (χ4v) is 3.73. The second-order valence-corrected chi connectivity index (χ2v) is 4.62. The summed E-state index contributed by atoms with van der Waals surface area (Å²) in [6, 6.07) is 0. The lowest BCUT2D eigenvalue weighted by Crippen LogP contribution is -2.04. The van der Waals surface area contributed by atoms with Crippen molar-refractivity contribution in [2.45, 2.75) is 13.3 Å². The normalized spacial score (nSPS) is 61.0. The van der Waals surface area contributed by atoms with E-state index in [9.17, 15) is 0 Å². The zero-order valence-corrected chi connectivity index (χ0v) is 6.75. The molecule has 0 radical (unpaired) electrons. The minimum Gasteiger partial charge on any atom is -0.0812 e. The Labute approximate surface area is 67.0 Å². The van der Waals surface area contributed by atoms with Crippen molar-refractivity contribution in [1.82, 2.24) is 0 Å². The summed E-state index contributed by atoms with van der Waals surface area (Å²) in [6.07, 6.45) is 6.15. The lowest BCUT2D eigenvalue weighted by molar-refractivity contribution is 0.580. The predicted molar refractivity (Wildman–Crippen MR) is 43.9 cm³/mol. The van der Waals surface area contributed by atoms with Gasteiger partial charge in [0.25, 0.3) is 0 Å². The molecule has 4 saturated carbocycles. The highest BCUT2D eigenvalue weighted by atomic mass is 14.9. The van der Waals surface area contributed by atoms with Gasteiger partial charge in [-0.1, -0.05) is 23.3 Å². The monoisotopic (exact) mass is 144 g/mol. The van der Waals surface area contributed by atoms with Gasteiger partial charge in [0.05, 0.1) is 0 Å². The Bertz CT molecular complexity index is 298. The molecule has 5 rings (SSSR count). The second kappa shape index (κ2) is 1.24. The molecule has 4 fully saturated rings. The standard InChI is InChI=1S/C11H12/c1-5-3-2-4-6-7(5)9-10-8(6)11(9)10/h3-4,7-11H,2H2,1H3. The van der Waals surface area contributed by atoms with Crippen LogP contribution in [0.25, 0.3) is 0 Å². The highest BCUT2D eigenvalue weighted by molar-refractivity contribution is 5.50. The Kier molecular flexibility index (Phi) is 0.583.